The molecule has 0 saturated carbocycles. The summed E-state index contributed by atoms with van der Waals surface area (Å²) >= 11 is 1.73. The molecule has 21 heavy (non-hydrogen) atoms. The molecule has 1 amide bonds. The molecule has 112 valence electrons. The molecule has 2 rings (SSSR count). The maximum Gasteiger partial charge on any atom is 0.248 e. The van der Waals surface area contributed by atoms with E-state index in [2.05, 4.69) is 30.7 Å². The van der Waals surface area contributed by atoms with Crippen LogP contribution in [0.2, 0.25) is 0 Å². The van der Waals surface area contributed by atoms with E-state index in [-0.39, 0.29) is 11.9 Å². The molecular weight excluding hydrogens is 282 g/mol. The molecule has 0 fully saturated rings. The van der Waals surface area contributed by atoms with Crippen molar-refractivity contribution in [1.29, 1.82) is 0 Å². The summed E-state index contributed by atoms with van der Waals surface area (Å²) in [4.78, 5) is 17.1. The molecule has 2 heterocycles. The van der Waals surface area contributed by atoms with Crippen LogP contribution in [0.3, 0.4) is 0 Å². The van der Waals surface area contributed by atoms with Gasteiger partial charge in [0.05, 0.1) is 6.54 Å². The fourth-order valence-electron chi connectivity index (χ4n) is 2.30. The minimum Gasteiger partial charge on any atom is -0.332 e. The number of carbonyl (C=O) groups excluding carboxylic acids is 1. The molecule has 0 N–H and O–H groups in total. The maximum atomic E-state index is 12.8. The predicted molar refractivity (Wildman–Crippen MR) is 86.2 cm³/mol. The second-order valence-corrected chi connectivity index (χ2v) is 6.30. The van der Waals surface area contributed by atoms with Crippen molar-refractivity contribution >= 4 is 17.2 Å². The Kier molecular flexibility index (Phi) is 5.33. The standard InChI is InChI=1S/C16H21N3OS/c1-4-10-18(12-14-8-7-13(3)21-14)16(20)15(5-2)19-11-6-9-17-19/h4,6-9,11,15H,1,5,10,12H2,2-3H3. The second-order valence-electron chi connectivity index (χ2n) is 4.93. The first-order valence-corrected chi connectivity index (χ1v) is 7.91. The number of amides is 1. The Morgan fingerprint density at radius 3 is 2.90 bits per heavy atom. The Morgan fingerprint density at radius 1 is 1.57 bits per heavy atom. The van der Waals surface area contributed by atoms with Crippen molar-refractivity contribution in [1.82, 2.24) is 14.7 Å². The Bertz CT molecular complexity index is 588. The topological polar surface area (TPSA) is 38.1 Å². The third kappa shape index (κ3) is 3.82. The molecule has 0 aliphatic heterocycles. The van der Waals surface area contributed by atoms with Crippen LogP contribution in [-0.2, 0) is 11.3 Å². The van der Waals surface area contributed by atoms with Crippen LogP contribution in [-0.4, -0.2) is 27.1 Å². The number of thiophene rings is 1. The molecule has 1 atom stereocenters. The average molecular weight is 303 g/mol. The highest BCUT2D eigenvalue weighted by Crippen LogP contribution is 2.20. The van der Waals surface area contributed by atoms with Crippen LogP contribution in [0, 0.1) is 6.92 Å². The highest BCUT2D eigenvalue weighted by Gasteiger charge is 2.24. The molecule has 2 aromatic rings. The van der Waals surface area contributed by atoms with Crippen molar-refractivity contribution < 1.29 is 4.79 Å². The van der Waals surface area contributed by atoms with E-state index in [1.54, 1.807) is 28.3 Å². The van der Waals surface area contributed by atoms with Gasteiger partial charge in [-0.1, -0.05) is 13.0 Å². The largest absolute Gasteiger partial charge is 0.332 e. The summed E-state index contributed by atoms with van der Waals surface area (Å²) in [5.74, 6) is 0.0900. The van der Waals surface area contributed by atoms with E-state index < -0.39 is 0 Å². The van der Waals surface area contributed by atoms with E-state index in [1.165, 1.54) is 9.75 Å². The van der Waals surface area contributed by atoms with Crippen molar-refractivity contribution in [3.05, 3.63) is 53.0 Å². The zero-order valence-corrected chi connectivity index (χ0v) is 13.3. The van der Waals surface area contributed by atoms with Gasteiger partial charge in [0.15, 0.2) is 0 Å². The third-order valence-corrected chi connectivity index (χ3v) is 4.31. The van der Waals surface area contributed by atoms with E-state index in [0.717, 1.165) is 6.42 Å². The van der Waals surface area contributed by atoms with E-state index in [4.69, 9.17) is 0 Å². The van der Waals surface area contributed by atoms with E-state index in [1.807, 2.05) is 24.1 Å². The number of aryl methyl sites for hydroxylation is 1. The van der Waals surface area contributed by atoms with Crippen LogP contribution in [0.25, 0.3) is 0 Å². The summed E-state index contributed by atoms with van der Waals surface area (Å²) in [7, 11) is 0. The number of hydrogen-bond acceptors (Lipinski definition) is 3. The van der Waals surface area contributed by atoms with Gasteiger partial charge in [0.25, 0.3) is 0 Å². The van der Waals surface area contributed by atoms with Gasteiger partial charge in [0, 0.05) is 28.7 Å². The summed E-state index contributed by atoms with van der Waals surface area (Å²) in [6.07, 6.45) is 6.04. The smallest absolute Gasteiger partial charge is 0.248 e. The van der Waals surface area contributed by atoms with Gasteiger partial charge in [0.1, 0.15) is 6.04 Å². The summed E-state index contributed by atoms with van der Waals surface area (Å²) < 4.78 is 1.73. The quantitative estimate of drug-likeness (QED) is 0.735. The molecule has 0 radical (unpaired) electrons. The van der Waals surface area contributed by atoms with E-state index >= 15 is 0 Å². The molecule has 0 spiro atoms. The summed E-state index contributed by atoms with van der Waals surface area (Å²) in [5.41, 5.74) is 0. The van der Waals surface area contributed by atoms with Crippen molar-refractivity contribution in [3.63, 3.8) is 0 Å². The number of hydrogen-bond donors (Lipinski definition) is 0. The second kappa shape index (κ2) is 7.22. The Hall–Kier alpha value is -1.88. The van der Waals surface area contributed by atoms with Crippen molar-refractivity contribution in [2.24, 2.45) is 0 Å². The highest BCUT2D eigenvalue weighted by molar-refractivity contribution is 7.11. The Balaban J connectivity index is 2.16. The first-order valence-electron chi connectivity index (χ1n) is 7.09. The number of rotatable bonds is 7. The van der Waals surface area contributed by atoms with Gasteiger partial charge >= 0.3 is 0 Å². The first kappa shape index (κ1) is 15.5. The molecule has 0 aliphatic carbocycles. The fourth-order valence-corrected chi connectivity index (χ4v) is 3.20. The van der Waals surface area contributed by atoms with Crippen LogP contribution in [0.5, 0.6) is 0 Å². The van der Waals surface area contributed by atoms with Crippen molar-refractivity contribution in [2.45, 2.75) is 32.9 Å². The van der Waals surface area contributed by atoms with Gasteiger partial charge < -0.3 is 4.90 Å². The van der Waals surface area contributed by atoms with Crippen LogP contribution >= 0.6 is 11.3 Å². The molecule has 0 aliphatic rings. The fraction of sp³-hybridized carbons (Fsp3) is 0.375. The van der Waals surface area contributed by atoms with Gasteiger partial charge in [-0.05, 0) is 31.5 Å². The van der Waals surface area contributed by atoms with Crippen LogP contribution in [0.4, 0.5) is 0 Å². The molecule has 4 nitrogen and oxygen atoms in total. The lowest BCUT2D eigenvalue weighted by Gasteiger charge is -2.25. The molecule has 0 saturated heterocycles. The van der Waals surface area contributed by atoms with Gasteiger partial charge in [-0.2, -0.15) is 5.10 Å². The number of nitrogens with zero attached hydrogens (tertiary/aromatic N) is 3. The maximum absolute atomic E-state index is 12.8. The lowest BCUT2D eigenvalue weighted by Crippen LogP contribution is -2.37. The molecular formula is C16H21N3OS. The zero-order valence-electron chi connectivity index (χ0n) is 12.5. The SMILES string of the molecule is C=CCN(Cc1ccc(C)s1)C(=O)C(CC)n1cccn1. The zero-order chi connectivity index (χ0) is 15.2. The summed E-state index contributed by atoms with van der Waals surface area (Å²) in [6, 6.07) is 5.76. The summed E-state index contributed by atoms with van der Waals surface area (Å²) in [5, 5.41) is 4.21. The van der Waals surface area contributed by atoms with Gasteiger partial charge in [-0.3, -0.25) is 9.48 Å². The average Bonchev–Trinajstić information content (AvgIpc) is 3.11. The van der Waals surface area contributed by atoms with E-state index in [0.29, 0.717) is 13.1 Å². The van der Waals surface area contributed by atoms with Gasteiger partial charge in [0.2, 0.25) is 5.91 Å². The normalized spacial score (nSPS) is 12.1. The van der Waals surface area contributed by atoms with E-state index in [9.17, 15) is 4.79 Å². The number of aromatic nitrogens is 2. The summed E-state index contributed by atoms with van der Waals surface area (Å²) in [6.45, 7) is 9.02. The molecule has 5 heteroatoms. The molecule has 0 bridgehead atoms. The minimum absolute atomic E-state index is 0.0900. The molecule has 1 unspecified atom stereocenters. The highest BCUT2D eigenvalue weighted by atomic mass is 32.1. The Morgan fingerprint density at radius 2 is 2.38 bits per heavy atom. The predicted octanol–water partition coefficient (Wildman–Crippen LogP) is 3.42. The van der Waals surface area contributed by atoms with Crippen molar-refractivity contribution in [3.8, 4) is 0 Å². The van der Waals surface area contributed by atoms with Crippen LogP contribution in [0.1, 0.15) is 29.1 Å². The van der Waals surface area contributed by atoms with Gasteiger partial charge in [-0.15, -0.1) is 17.9 Å². The molecule has 2 aromatic heterocycles. The van der Waals surface area contributed by atoms with Gasteiger partial charge in [-0.25, -0.2) is 0 Å². The Labute approximate surface area is 129 Å². The third-order valence-electron chi connectivity index (χ3n) is 3.32. The van der Waals surface area contributed by atoms with Crippen molar-refractivity contribution in [2.75, 3.05) is 6.54 Å². The lowest BCUT2D eigenvalue weighted by atomic mass is 10.2. The minimum atomic E-state index is -0.249. The molecule has 0 aromatic carbocycles. The number of carbonyl (C=O) groups is 1. The lowest BCUT2D eigenvalue weighted by molar-refractivity contribution is -0.135. The monoisotopic (exact) mass is 303 g/mol. The first-order chi connectivity index (χ1) is 10.2. The van der Waals surface area contributed by atoms with Crippen LogP contribution in [0.15, 0.2) is 43.2 Å². The van der Waals surface area contributed by atoms with Crippen LogP contribution < -0.4 is 0 Å².